The maximum atomic E-state index is 17.0. The number of rotatable bonds is 7. The molecule has 9 nitrogen and oxygen atoms in total. The number of amides is 1. The van der Waals surface area contributed by atoms with Crippen molar-refractivity contribution in [2.75, 3.05) is 50.8 Å². The Hall–Kier alpha value is -3.89. The summed E-state index contributed by atoms with van der Waals surface area (Å²) in [7, 11) is 0. The predicted octanol–water partition coefficient (Wildman–Crippen LogP) is 8.04. The van der Waals surface area contributed by atoms with Crippen molar-refractivity contribution in [2.24, 2.45) is 5.92 Å². The second-order valence-corrected chi connectivity index (χ2v) is 15.1. The average Bonchev–Trinajstić information content (AvgIpc) is 3.35. The molecule has 3 aliphatic heterocycles. The highest BCUT2D eigenvalue weighted by atomic mass is 35.5. The van der Waals surface area contributed by atoms with Crippen LogP contribution >= 0.6 is 11.6 Å². The van der Waals surface area contributed by atoms with Gasteiger partial charge in [0.1, 0.15) is 22.7 Å². The first kappa shape index (κ1) is 33.6. The van der Waals surface area contributed by atoms with E-state index in [2.05, 4.69) is 14.8 Å². The van der Waals surface area contributed by atoms with Crippen molar-refractivity contribution in [1.29, 1.82) is 0 Å². The lowest BCUT2D eigenvalue weighted by Gasteiger charge is -2.34. The Labute approximate surface area is 292 Å². The molecule has 0 spiro atoms. The molecule has 0 aliphatic carbocycles. The van der Waals surface area contributed by atoms with Crippen LogP contribution in [-0.2, 0) is 4.74 Å². The van der Waals surface area contributed by atoms with Crippen LogP contribution in [0.5, 0.6) is 11.8 Å². The topological polar surface area (TPSA) is 91.3 Å². The fourth-order valence-corrected chi connectivity index (χ4v) is 7.96. The molecular weight excluding hydrogens is 645 g/mol. The van der Waals surface area contributed by atoms with E-state index >= 15 is 4.39 Å². The normalized spacial score (nSPS) is 20.2. The minimum atomic E-state index is -0.605. The van der Waals surface area contributed by atoms with Gasteiger partial charge in [0.2, 0.25) is 0 Å². The van der Waals surface area contributed by atoms with Crippen LogP contribution in [0, 0.1) is 11.7 Å². The number of aromatic hydroxyl groups is 1. The lowest BCUT2D eigenvalue weighted by atomic mass is 9.96. The number of hydrogen-bond acceptors (Lipinski definition) is 8. The Morgan fingerprint density at radius 3 is 2.63 bits per heavy atom. The number of benzene rings is 3. The highest BCUT2D eigenvalue weighted by Crippen LogP contribution is 2.43. The largest absolute Gasteiger partial charge is 0.508 e. The number of anilines is 1. The Morgan fingerprint density at radius 2 is 1.84 bits per heavy atom. The molecule has 11 heteroatoms. The Balaban J connectivity index is 1.27. The summed E-state index contributed by atoms with van der Waals surface area (Å²) in [6.45, 7) is 11.0. The van der Waals surface area contributed by atoms with E-state index in [1.807, 2.05) is 49.9 Å². The van der Waals surface area contributed by atoms with E-state index in [1.165, 1.54) is 25.3 Å². The van der Waals surface area contributed by atoms with Crippen molar-refractivity contribution < 1.29 is 23.8 Å². The number of carbonyl (C=O) groups excluding carboxylic acids is 1. The van der Waals surface area contributed by atoms with E-state index < -0.39 is 11.4 Å². The average molecular weight is 690 g/mol. The highest BCUT2D eigenvalue weighted by molar-refractivity contribution is 6.35. The van der Waals surface area contributed by atoms with Gasteiger partial charge in [-0.2, -0.15) is 9.97 Å². The van der Waals surface area contributed by atoms with Gasteiger partial charge >= 0.3 is 12.1 Å². The van der Waals surface area contributed by atoms with Gasteiger partial charge in [0.25, 0.3) is 0 Å². The molecule has 3 aliphatic rings. The van der Waals surface area contributed by atoms with Crippen LogP contribution in [0.3, 0.4) is 0 Å². The SMILES string of the molecule is CC(C)(C)OC(=O)N1CC2CCN(c3nc(OCCCN4CCCCC4)nc4c(F)c(-c5cc(O)cc6ccccc56)c(Cl)cc34)CC1C2. The van der Waals surface area contributed by atoms with Gasteiger partial charge in [0.15, 0.2) is 5.82 Å². The monoisotopic (exact) mass is 689 g/mol. The van der Waals surface area contributed by atoms with Crippen molar-refractivity contribution in [3.05, 3.63) is 53.3 Å². The summed E-state index contributed by atoms with van der Waals surface area (Å²) < 4.78 is 28.9. The molecular formula is C38H45ClFN5O4. The van der Waals surface area contributed by atoms with Crippen molar-refractivity contribution >= 4 is 45.2 Å². The lowest BCUT2D eigenvalue weighted by Crippen LogP contribution is -2.46. The number of nitrogens with zero attached hydrogens (tertiary/aromatic N) is 5. The molecule has 49 heavy (non-hydrogen) atoms. The highest BCUT2D eigenvalue weighted by Gasteiger charge is 2.41. The fourth-order valence-electron chi connectivity index (χ4n) is 7.67. The standard InChI is InChI=1S/C38H45ClFN5O4/c1-38(2,3)49-37(47)45-22-24-12-16-44(23-26(45)18-24)35-30-21-31(39)32(29-20-27(46)19-25-10-5-6-11-28(25)29)33(40)34(30)41-36(42-35)48-17-9-15-43-13-7-4-8-14-43/h5-6,10-11,19-21,24,26,46H,4,7-9,12-18,22-23H2,1-3H3. The molecule has 1 N–H and O–H groups in total. The smallest absolute Gasteiger partial charge is 0.410 e. The fraction of sp³-hybridized carbons (Fsp3) is 0.500. The van der Waals surface area contributed by atoms with Crippen molar-refractivity contribution in [3.63, 3.8) is 0 Å². The summed E-state index contributed by atoms with van der Waals surface area (Å²) in [6.07, 6.45) is 5.92. The molecule has 3 saturated heterocycles. The van der Waals surface area contributed by atoms with Crippen LogP contribution in [0.1, 0.15) is 59.3 Å². The molecule has 2 atom stereocenters. The summed E-state index contributed by atoms with van der Waals surface area (Å²) in [4.78, 5) is 29.2. The van der Waals surface area contributed by atoms with Crippen LogP contribution < -0.4 is 9.64 Å². The van der Waals surface area contributed by atoms with E-state index in [-0.39, 0.29) is 40.0 Å². The van der Waals surface area contributed by atoms with E-state index in [4.69, 9.17) is 26.1 Å². The maximum Gasteiger partial charge on any atom is 0.410 e. The van der Waals surface area contributed by atoms with Gasteiger partial charge in [0, 0.05) is 37.1 Å². The predicted molar refractivity (Wildman–Crippen MR) is 191 cm³/mol. The summed E-state index contributed by atoms with van der Waals surface area (Å²) in [5, 5.41) is 12.8. The number of hydrogen-bond donors (Lipinski definition) is 1. The number of aromatic nitrogens is 2. The van der Waals surface area contributed by atoms with Crippen molar-refractivity contribution in [1.82, 2.24) is 19.8 Å². The van der Waals surface area contributed by atoms with E-state index in [0.29, 0.717) is 48.9 Å². The van der Waals surface area contributed by atoms with E-state index in [9.17, 15) is 9.90 Å². The molecule has 3 fully saturated rings. The number of fused-ring (bicyclic) bond motifs is 4. The molecule has 2 unspecified atom stereocenters. The first-order valence-corrected chi connectivity index (χ1v) is 17.9. The quantitative estimate of drug-likeness (QED) is 0.195. The second-order valence-electron chi connectivity index (χ2n) is 14.7. The molecule has 0 saturated carbocycles. The summed E-state index contributed by atoms with van der Waals surface area (Å²) in [5.41, 5.74) is 0.137. The van der Waals surface area contributed by atoms with Gasteiger partial charge < -0.3 is 29.3 Å². The number of phenolic OH excluding ortho intramolecular Hbond substituents is 1. The van der Waals surface area contributed by atoms with Crippen molar-refractivity contribution in [2.45, 2.75) is 70.9 Å². The third-order valence-corrected chi connectivity index (χ3v) is 10.2. The molecule has 7 rings (SSSR count). The molecule has 3 aromatic carbocycles. The van der Waals surface area contributed by atoms with Crippen LogP contribution in [0.25, 0.3) is 32.8 Å². The molecule has 1 aromatic heterocycles. The van der Waals surface area contributed by atoms with E-state index in [0.717, 1.165) is 49.7 Å². The molecule has 2 bridgehead atoms. The number of piperidine rings is 1. The molecule has 260 valence electrons. The minimum absolute atomic E-state index is 0.0135. The maximum absolute atomic E-state index is 17.0. The number of phenols is 1. The van der Waals surface area contributed by atoms with Gasteiger partial charge in [-0.05, 0) is 106 Å². The van der Waals surface area contributed by atoms with Crippen LogP contribution in [-0.4, -0.2) is 88.5 Å². The molecule has 0 radical (unpaired) electrons. The third-order valence-electron chi connectivity index (χ3n) is 9.92. The Bertz CT molecular complexity index is 1860. The zero-order chi connectivity index (χ0) is 34.3. The van der Waals surface area contributed by atoms with Gasteiger partial charge in [-0.15, -0.1) is 0 Å². The number of carbonyl (C=O) groups is 1. The number of ether oxygens (including phenoxy) is 2. The van der Waals surface area contributed by atoms with Gasteiger partial charge in [-0.3, -0.25) is 0 Å². The molecule has 1 amide bonds. The zero-order valence-corrected chi connectivity index (χ0v) is 29.3. The van der Waals surface area contributed by atoms with Gasteiger partial charge in [-0.25, -0.2) is 9.18 Å². The molecule has 4 aromatic rings. The third kappa shape index (κ3) is 7.22. The minimum Gasteiger partial charge on any atom is -0.508 e. The summed E-state index contributed by atoms with van der Waals surface area (Å²) >= 11 is 6.94. The van der Waals surface area contributed by atoms with Crippen molar-refractivity contribution in [3.8, 4) is 22.9 Å². The lowest BCUT2D eigenvalue weighted by molar-refractivity contribution is 0.0221. The number of halogens is 2. The first-order chi connectivity index (χ1) is 23.5. The Kier molecular flexibility index (Phi) is 9.45. The summed E-state index contributed by atoms with van der Waals surface area (Å²) in [6, 6.07) is 12.4. The first-order valence-electron chi connectivity index (χ1n) is 17.6. The number of likely N-dealkylation sites (tertiary alicyclic amines) is 2. The van der Waals surface area contributed by atoms with Crippen LogP contribution in [0.15, 0.2) is 42.5 Å². The van der Waals surface area contributed by atoms with E-state index in [1.54, 1.807) is 12.1 Å². The second kappa shape index (κ2) is 13.8. The van der Waals surface area contributed by atoms with Gasteiger partial charge in [-0.1, -0.05) is 42.3 Å². The van der Waals surface area contributed by atoms with Crippen LogP contribution in [0.2, 0.25) is 5.02 Å². The summed E-state index contributed by atoms with van der Waals surface area (Å²) in [5.74, 6) is 0.263. The van der Waals surface area contributed by atoms with Crippen LogP contribution in [0.4, 0.5) is 15.0 Å². The Morgan fingerprint density at radius 1 is 1.04 bits per heavy atom. The van der Waals surface area contributed by atoms with Gasteiger partial charge in [0.05, 0.1) is 17.7 Å². The molecule has 4 heterocycles. The zero-order valence-electron chi connectivity index (χ0n) is 28.6.